The third-order valence-electron chi connectivity index (χ3n) is 8.30. The van der Waals surface area contributed by atoms with Crippen LogP contribution in [0.1, 0.15) is 122 Å². The Kier molecular flexibility index (Phi) is 15.6. The highest BCUT2D eigenvalue weighted by Gasteiger charge is 2.42. The Hall–Kier alpha value is -1.94. The molecule has 0 unspecified atom stereocenters. The molecule has 0 aromatic carbocycles. The van der Waals surface area contributed by atoms with Gasteiger partial charge in [-0.3, -0.25) is 4.79 Å². The minimum absolute atomic E-state index is 0.0430. The van der Waals surface area contributed by atoms with Crippen LogP contribution in [0.15, 0.2) is 10.5 Å². The van der Waals surface area contributed by atoms with Crippen molar-refractivity contribution in [3.8, 4) is 0 Å². The maximum absolute atomic E-state index is 14.1. The number of thiazole rings is 1. The zero-order valence-corrected chi connectivity index (χ0v) is 29.2. The van der Waals surface area contributed by atoms with Crippen LogP contribution in [0.5, 0.6) is 0 Å². The minimum atomic E-state index is -2.26. The number of hydrogen-bond donors (Lipinski definition) is 0. The molecule has 4 atom stereocenters. The highest BCUT2D eigenvalue weighted by molar-refractivity contribution is 7.09. The van der Waals surface area contributed by atoms with E-state index >= 15 is 0 Å². The Morgan fingerprint density at radius 2 is 1.80 bits per heavy atom. The molecule has 0 saturated carbocycles. The molecule has 1 heterocycles. The topological polar surface area (TPSA) is 117 Å². The molecule has 1 aromatic heterocycles. The molecule has 1 aromatic rings. The highest BCUT2D eigenvalue weighted by atomic mass is 32.1. The quantitative estimate of drug-likeness (QED) is 0.0411. The van der Waals surface area contributed by atoms with Crippen molar-refractivity contribution in [1.29, 1.82) is 0 Å². The summed E-state index contributed by atoms with van der Waals surface area (Å²) in [5, 5.41) is 6.38. The zero-order valence-electron chi connectivity index (χ0n) is 27.4. The number of rotatable bonds is 18. The second-order valence-corrected chi connectivity index (χ2v) is 18.5. The number of carbonyl (C=O) groups excluding carboxylic acids is 2. The number of ether oxygens (including phenoxy) is 1. The van der Waals surface area contributed by atoms with E-state index in [9.17, 15) is 15.1 Å². The van der Waals surface area contributed by atoms with Gasteiger partial charge >= 0.3 is 5.97 Å². The standard InChI is InChI=1S/C30H55N5O4SSi/c1-12-15-16-17-18-35(28(36)26(33-34-31)22(6)13-2)24(21(4)5)19-25(39-41(10,11)30(7,8)9)27-32-23(20-40-27)29(37)38-14-3/h20-22,24-26H,12-19H2,1-11H3/t22-,24+,25+,26-/m0/s1. The molecule has 41 heavy (non-hydrogen) atoms. The highest BCUT2D eigenvalue weighted by Crippen LogP contribution is 2.42. The third kappa shape index (κ3) is 11.0. The maximum atomic E-state index is 14.1. The van der Waals surface area contributed by atoms with Gasteiger partial charge in [-0.25, -0.2) is 9.78 Å². The van der Waals surface area contributed by atoms with Gasteiger partial charge in [0.2, 0.25) is 5.91 Å². The molecule has 1 rings (SSSR count). The number of esters is 1. The first kappa shape index (κ1) is 37.1. The number of amides is 1. The Bertz CT molecular complexity index is 1000. The van der Waals surface area contributed by atoms with Gasteiger partial charge in [-0.05, 0) is 55.3 Å². The van der Waals surface area contributed by atoms with E-state index in [1.165, 1.54) is 11.3 Å². The van der Waals surface area contributed by atoms with Gasteiger partial charge in [0.25, 0.3) is 0 Å². The van der Waals surface area contributed by atoms with E-state index in [-0.39, 0.29) is 41.1 Å². The van der Waals surface area contributed by atoms with Crippen molar-refractivity contribution in [2.45, 2.75) is 137 Å². The van der Waals surface area contributed by atoms with Crippen molar-refractivity contribution in [1.82, 2.24) is 9.88 Å². The van der Waals surface area contributed by atoms with Crippen molar-refractivity contribution >= 4 is 31.5 Å². The number of carbonyl (C=O) groups is 2. The number of nitrogens with zero attached hydrogens (tertiary/aromatic N) is 5. The van der Waals surface area contributed by atoms with E-state index in [2.05, 4.69) is 69.6 Å². The molecule has 9 nitrogen and oxygen atoms in total. The van der Waals surface area contributed by atoms with E-state index in [0.717, 1.165) is 37.1 Å². The molecule has 0 bridgehead atoms. The third-order valence-corrected chi connectivity index (χ3v) is 13.7. The van der Waals surface area contributed by atoms with E-state index in [4.69, 9.17) is 9.16 Å². The summed E-state index contributed by atoms with van der Waals surface area (Å²) in [5.41, 5.74) is 9.60. The van der Waals surface area contributed by atoms with Crippen molar-refractivity contribution in [3.63, 3.8) is 0 Å². The summed E-state index contributed by atoms with van der Waals surface area (Å²) in [4.78, 5) is 36.3. The molecule has 0 fully saturated rings. The predicted molar refractivity (Wildman–Crippen MR) is 171 cm³/mol. The molecule has 234 valence electrons. The van der Waals surface area contributed by atoms with E-state index in [0.29, 0.717) is 13.0 Å². The normalized spacial score (nSPS) is 15.1. The van der Waals surface area contributed by atoms with E-state index in [1.54, 1.807) is 12.3 Å². The van der Waals surface area contributed by atoms with Crippen LogP contribution in [0.4, 0.5) is 0 Å². The number of unbranched alkanes of at least 4 members (excludes halogenated alkanes) is 3. The van der Waals surface area contributed by atoms with Crippen molar-refractivity contribution in [2.75, 3.05) is 13.2 Å². The molecule has 0 spiro atoms. The Morgan fingerprint density at radius 3 is 2.32 bits per heavy atom. The maximum Gasteiger partial charge on any atom is 0.357 e. The van der Waals surface area contributed by atoms with Crippen LogP contribution in [0, 0.1) is 11.8 Å². The van der Waals surface area contributed by atoms with Crippen LogP contribution >= 0.6 is 11.3 Å². The lowest BCUT2D eigenvalue weighted by Gasteiger charge is -2.42. The summed E-state index contributed by atoms with van der Waals surface area (Å²) in [7, 11) is -2.26. The molecule has 0 aliphatic rings. The molecule has 0 aliphatic carbocycles. The van der Waals surface area contributed by atoms with Gasteiger partial charge in [0.05, 0.1) is 12.7 Å². The predicted octanol–water partition coefficient (Wildman–Crippen LogP) is 8.93. The molecule has 0 aliphatic heterocycles. The first-order valence-electron chi connectivity index (χ1n) is 15.3. The van der Waals surface area contributed by atoms with Crippen molar-refractivity contribution < 1.29 is 18.8 Å². The van der Waals surface area contributed by atoms with E-state index < -0.39 is 26.4 Å². The first-order valence-corrected chi connectivity index (χ1v) is 19.1. The zero-order chi connectivity index (χ0) is 31.4. The summed E-state index contributed by atoms with van der Waals surface area (Å²) >= 11 is 1.40. The lowest BCUT2D eigenvalue weighted by Crippen LogP contribution is -2.50. The minimum Gasteiger partial charge on any atom is -0.461 e. The lowest BCUT2D eigenvalue weighted by atomic mass is 9.92. The van der Waals surface area contributed by atoms with Crippen LogP contribution < -0.4 is 0 Å². The van der Waals surface area contributed by atoms with Crippen molar-refractivity contribution in [3.05, 3.63) is 26.5 Å². The molecule has 11 heteroatoms. The average molecular weight is 610 g/mol. The molecule has 1 amide bonds. The molecule has 0 radical (unpaired) electrons. The van der Waals surface area contributed by atoms with Gasteiger partial charge in [0.15, 0.2) is 14.0 Å². The number of azide groups is 1. The van der Waals surface area contributed by atoms with Crippen LogP contribution in [0.3, 0.4) is 0 Å². The Balaban J connectivity index is 3.60. The monoisotopic (exact) mass is 609 g/mol. The summed E-state index contributed by atoms with van der Waals surface area (Å²) in [6.07, 6.45) is 4.98. The van der Waals surface area contributed by atoms with E-state index in [1.807, 2.05) is 18.7 Å². The van der Waals surface area contributed by atoms with Gasteiger partial charge < -0.3 is 14.1 Å². The summed E-state index contributed by atoms with van der Waals surface area (Å²) < 4.78 is 12.2. The Labute approximate surface area is 253 Å². The summed E-state index contributed by atoms with van der Waals surface area (Å²) in [6, 6.07) is -0.929. The van der Waals surface area contributed by atoms with Gasteiger partial charge in [0.1, 0.15) is 11.0 Å². The number of aromatic nitrogens is 1. The fourth-order valence-electron chi connectivity index (χ4n) is 4.45. The van der Waals surface area contributed by atoms with Gasteiger partial charge in [-0.15, -0.1) is 11.3 Å². The molecule has 0 N–H and O–H groups in total. The van der Waals surface area contributed by atoms with Gasteiger partial charge in [0, 0.05) is 22.9 Å². The molecular formula is C30H55N5O4SSi. The summed E-state index contributed by atoms with van der Waals surface area (Å²) in [5.74, 6) is -0.525. The van der Waals surface area contributed by atoms with Crippen LogP contribution in [0.25, 0.3) is 10.4 Å². The SMILES string of the molecule is CCCCCCN(C(=O)[C@@H](N=[N+]=[N-])[C@@H](C)CC)[C@H](C[C@@H](O[Si](C)(C)C(C)(C)C)c1nc(C(=O)OCC)cs1)C(C)C. The van der Waals surface area contributed by atoms with Crippen LogP contribution in [0.2, 0.25) is 18.1 Å². The molecular weight excluding hydrogens is 555 g/mol. The van der Waals surface area contributed by atoms with Crippen LogP contribution in [-0.4, -0.2) is 55.3 Å². The molecule has 0 saturated heterocycles. The second kappa shape index (κ2) is 17.2. The average Bonchev–Trinajstić information content (AvgIpc) is 3.39. The lowest BCUT2D eigenvalue weighted by molar-refractivity contribution is -0.138. The number of hydrogen-bond acceptors (Lipinski definition) is 7. The fourth-order valence-corrected chi connectivity index (χ4v) is 6.64. The van der Waals surface area contributed by atoms with Crippen LogP contribution in [-0.2, 0) is 14.0 Å². The summed E-state index contributed by atoms with van der Waals surface area (Å²) in [6.45, 7) is 24.0. The largest absolute Gasteiger partial charge is 0.461 e. The van der Waals surface area contributed by atoms with Gasteiger partial charge in [-0.1, -0.05) is 86.2 Å². The fraction of sp³-hybridized carbons (Fsp3) is 0.833. The second-order valence-electron chi connectivity index (χ2n) is 12.8. The van der Waals surface area contributed by atoms with Crippen molar-refractivity contribution in [2.24, 2.45) is 17.0 Å². The smallest absolute Gasteiger partial charge is 0.357 e. The van der Waals surface area contributed by atoms with Gasteiger partial charge in [-0.2, -0.15) is 0 Å². The first-order chi connectivity index (χ1) is 19.1. The Morgan fingerprint density at radius 1 is 1.15 bits per heavy atom.